The maximum Gasteiger partial charge on any atom is 0.271 e. The predicted molar refractivity (Wildman–Crippen MR) is 75.0 cm³/mol. The van der Waals surface area contributed by atoms with Crippen LogP contribution in [-0.4, -0.2) is 25.6 Å². The van der Waals surface area contributed by atoms with Gasteiger partial charge in [0, 0.05) is 17.2 Å². The van der Waals surface area contributed by atoms with Crippen molar-refractivity contribution in [2.75, 3.05) is 5.75 Å². The highest BCUT2D eigenvalue weighted by molar-refractivity contribution is 8.03. The molecular formula is C13H18O5S2. The van der Waals surface area contributed by atoms with Crippen molar-refractivity contribution in [2.45, 2.75) is 38.7 Å². The number of Topliss-reactive ketones (excluding diaryl/α,β-unsaturated/α-hetero) is 1. The van der Waals surface area contributed by atoms with Gasteiger partial charge in [-0.2, -0.15) is 8.42 Å². The molecule has 20 heavy (non-hydrogen) atoms. The average molecular weight is 318 g/mol. The molecule has 0 unspecified atom stereocenters. The first kappa shape index (κ1) is 14.4. The Morgan fingerprint density at radius 1 is 1.50 bits per heavy atom. The molecule has 0 aromatic carbocycles. The average Bonchev–Trinajstić information content (AvgIpc) is 2.94. The van der Waals surface area contributed by atoms with Crippen molar-refractivity contribution in [2.24, 2.45) is 16.7 Å². The predicted octanol–water partition coefficient (Wildman–Crippen LogP) is 2.25. The summed E-state index contributed by atoms with van der Waals surface area (Å²) in [7, 11) is -3.73. The summed E-state index contributed by atoms with van der Waals surface area (Å²) >= 11 is 1.17. The van der Waals surface area contributed by atoms with Gasteiger partial charge in [0.1, 0.15) is 5.78 Å². The van der Waals surface area contributed by atoms with E-state index >= 15 is 0 Å². The Morgan fingerprint density at radius 3 is 2.75 bits per heavy atom. The van der Waals surface area contributed by atoms with Crippen LogP contribution in [0.1, 0.15) is 33.1 Å². The Bertz CT molecular complexity index is 561. The summed E-state index contributed by atoms with van der Waals surface area (Å²) in [6.45, 7) is 3.82. The molecule has 3 rings (SSSR count). The highest BCUT2D eigenvalue weighted by atomic mass is 32.2. The summed E-state index contributed by atoms with van der Waals surface area (Å²) < 4.78 is 34.6. The molecule has 1 heterocycles. The number of carbonyl (C=O) groups excluding carboxylic acids is 1. The van der Waals surface area contributed by atoms with Gasteiger partial charge in [-0.05, 0) is 24.2 Å². The zero-order valence-corrected chi connectivity index (χ0v) is 13.1. The van der Waals surface area contributed by atoms with Gasteiger partial charge in [0.2, 0.25) is 0 Å². The molecule has 0 N–H and O–H groups in total. The van der Waals surface area contributed by atoms with Crippen LogP contribution in [0.15, 0.2) is 11.7 Å². The molecule has 3 aliphatic rings. The number of fused-ring (bicyclic) bond motifs is 2. The van der Waals surface area contributed by atoms with Gasteiger partial charge in [0.25, 0.3) is 15.7 Å². The van der Waals surface area contributed by atoms with E-state index in [2.05, 4.69) is 0 Å². The van der Waals surface area contributed by atoms with Crippen LogP contribution in [0, 0.1) is 16.7 Å². The zero-order valence-electron chi connectivity index (χ0n) is 11.5. The minimum absolute atomic E-state index is 0.118. The van der Waals surface area contributed by atoms with E-state index in [9.17, 15) is 13.2 Å². The molecule has 2 bridgehead atoms. The summed E-state index contributed by atoms with van der Waals surface area (Å²) in [5.41, 5.74) is -1.89. The van der Waals surface area contributed by atoms with Crippen molar-refractivity contribution >= 4 is 27.7 Å². The van der Waals surface area contributed by atoms with Crippen molar-refractivity contribution < 1.29 is 22.1 Å². The molecule has 0 spiro atoms. The summed E-state index contributed by atoms with van der Waals surface area (Å²) in [5.74, 6) is 0.223. The third-order valence-electron chi connectivity index (χ3n) is 5.34. The molecule has 7 heteroatoms. The lowest BCUT2D eigenvalue weighted by molar-refractivity contribution is -0.128. The third-order valence-corrected chi connectivity index (χ3v) is 7.58. The van der Waals surface area contributed by atoms with E-state index in [4.69, 9.17) is 8.92 Å². The lowest BCUT2D eigenvalue weighted by atomic mass is 9.70. The molecule has 0 aromatic heterocycles. The van der Waals surface area contributed by atoms with E-state index < -0.39 is 26.6 Å². The standard InChI is InChI=1S/C13H18O5S2/c1-12-4-3-9(7-10(12)14)13(12,2)8-20(15,16)18-11-17-5-6-19-11/h5-6,9,11H,3-4,7-8H2,1-2H3/t9-,11-,12+,13-/m1/s1. The summed E-state index contributed by atoms with van der Waals surface area (Å²) in [6, 6.07) is 0. The lowest BCUT2D eigenvalue weighted by Crippen LogP contribution is -2.41. The Balaban J connectivity index is 1.78. The molecule has 0 amide bonds. The monoisotopic (exact) mass is 318 g/mol. The Labute approximate surface area is 123 Å². The fourth-order valence-corrected chi connectivity index (χ4v) is 6.39. The third kappa shape index (κ3) is 2.02. The van der Waals surface area contributed by atoms with Crippen molar-refractivity contribution in [3.63, 3.8) is 0 Å². The number of thioether (sulfide) groups is 1. The Morgan fingerprint density at radius 2 is 2.25 bits per heavy atom. The first-order valence-electron chi connectivity index (χ1n) is 6.67. The van der Waals surface area contributed by atoms with E-state index in [-0.39, 0.29) is 17.5 Å². The molecule has 2 saturated carbocycles. The van der Waals surface area contributed by atoms with Crippen molar-refractivity contribution in [1.82, 2.24) is 0 Å². The normalized spacial score (nSPS) is 43.2. The van der Waals surface area contributed by atoms with Gasteiger partial charge in [0.05, 0.1) is 12.0 Å². The van der Waals surface area contributed by atoms with E-state index in [0.29, 0.717) is 6.42 Å². The minimum atomic E-state index is -3.73. The maximum atomic E-state index is 12.3. The second-order valence-corrected chi connectivity index (χ2v) is 8.77. The quantitative estimate of drug-likeness (QED) is 0.741. The molecule has 5 nitrogen and oxygen atoms in total. The van der Waals surface area contributed by atoms with Crippen LogP contribution in [0.4, 0.5) is 0 Å². The van der Waals surface area contributed by atoms with Gasteiger partial charge in [-0.15, -0.1) is 0 Å². The van der Waals surface area contributed by atoms with Crippen LogP contribution >= 0.6 is 11.8 Å². The van der Waals surface area contributed by atoms with Crippen LogP contribution in [0.5, 0.6) is 0 Å². The molecular weight excluding hydrogens is 300 g/mol. The summed E-state index contributed by atoms with van der Waals surface area (Å²) in [6.07, 6.45) is 3.61. The van der Waals surface area contributed by atoms with Crippen LogP contribution in [0.25, 0.3) is 0 Å². The van der Waals surface area contributed by atoms with E-state index in [1.54, 1.807) is 5.41 Å². The number of hydrogen-bond acceptors (Lipinski definition) is 6. The van der Waals surface area contributed by atoms with Gasteiger partial charge < -0.3 is 4.74 Å². The molecule has 112 valence electrons. The second-order valence-electron chi connectivity index (χ2n) is 6.24. The van der Waals surface area contributed by atoms with Crippen LogP contribution in [-0.2, 0) is 23.8 Å². The summed E-state index contributed by atoms with van der Waals surface area (Å²) in [5, 5.41) is 1.64. The van der Waals surface area contributed by atoms with Crippen molar-refractivity contribution in [3.05, 3.63) is 11.7 Å². The smallest absolute Gasteiger partial charge is 0.271 e. The minimum Gasteiger partial charge on any atom is -0.461 e. The van der Waals surface area contributed by atoms with Gasteiger partial charge in [0.15, 0.2) is 0 Å². The van der Waals surface area contributed by atoms with Crippen LogP contribution in [0.3, 0.4) is 0 Å². The fourth-order valence-electron chi connectivity index (χ4n) is 3.82. The SMILES string of the molecule is C[C@]12CC[C@H](CC1=O)[C@@]2(C)CS(=O)(=O)O[C@H]1OC=CS1. The fraction of sp³-hybridized carbons (Fsp3) is 0.769. The Hall–Kier alpha value is -0.530. The van der Waals surface area contributed by atoms with Crippen LogP contribution < -0.4 is 0 Å². The number of hydrogen-bond donors (Lipinski definition) is 0. The molecule has 0 saturated heterocycles. The number of carbonyl (C=O) groups is 1. The van der Waals surface area contributed by atoms with E-state index in [1.807, 2.05) is 13.8 Å². The second kappa shape index (κ2) is 4.48. The number of ketones is 1. The largest absolute Gasteiger partial charge is 0.461 e. The van der Waals surface area contributed by atoms with E-state index in [1.165, 1.54) is 18.0 Å². The maximum absolute atomic E-state index is 12.3. The van der Waals surface area contributed by atoms with Crippen LogP contribution in [0.2, 0.25) is 0 Å². The first-order chi connectivity index (χ1) is 9.27. The lowest BCUT2D eigenvalue weighted by Gasteiger charge is -2.36. The highest BCUT2D eigenvalue weighted by Crippen LogP contribution is 2.64. The molecule has 4 atom stereocenters. The Kier molecular flexibility index (Phi) is 3.23. The van der Waals surface area contributed by atoms with Crippen molar-refractivity contribution in [3.8, 4) is 0 Å². The van der Waals surface area contributed by atoms with E-state index in [0.717, 1.165) is 12.8 Å². The summed E-state index contributed by atoms with van der Waals surface area (Å²) in [4.78, 5) is 12.1. The van der Waals surface area contributed by atoms with Gasteiger partial charge >= 0.3 is 0 Å². The first-order valence-corrected chi connectivity index (χ1v) is 9.19. The molecule has 1 aliphatic heterocycles. The van der Waals surface area contributed by atoms with Gasteiger partial charge in [-0.1, -0.05) is 25.6 Å². The topological polar surface area (TPSA) is 69.7 Å². The van der Waals surface area contributed by atoms with Gasteiger partial charge in [-0.3, -0.25) is 4.79 Å². The van der Waals surface area contributed by atoms with Crippen molar-refractivity contribution in [1.29, 1.82) is 0 Å². The number of ether oxygens (including phenoxy) is 1. The number of rotatable bonds is 4. The molecule has 2 aliphatic carbocycles. The molecule has 0 aromatic rings. The molecule has 0 radical (unpaired) electrons. The molecule has 2 fully saturated rings. The van der Waals surface area contributed by atoms with Gasteiger partial charge in [-0.25, -0.2) is 4.18 Å². The highest BCUT2D eigenvalue weighted by Gasteiger charge is 2.65. The zero-order chi connectivity index (χ0) is 14.6.